The Balaban J connectivity index is 2.12. The van der Waals surface area contributed by atoms with Crippen molar-refractivity contribution >= 4 is 21.6 Å². The van der Waals surface area contributed by atoms with Crippen molar-refractivity contribution < 1.29 is 17.9 Å². The average Bonchev–Trinajstić information content (AvgIpc) is 2.90. The van der Waals surface area contributed by atoms with Gasteiger partial charge in [0.25, 0.3) is 0 Å². The molecule has 2 rings (SSSR count). The smallest absolute Gasteiger partial charge is 0.240 e. The molecular formula is C14H16ClNO4S. The first kappa shape index (κ1) is 16.0. The molecule has 1 unspecified atom stereocenters. The zero-order valence-corrected chi connectivity index (χ0v) is 13.0. The van der Waals surface area contributed by atoms with E-state index in [2.05, 4.69) is 4.72 Å². The maximum absolute atomic E-state index is 12.3. The number of hydrogen-bond donors (Lipinski definition) is 2. The Morgan fingerprint density at radius 1 is 1.38 bits per heavy atom. The van der Waals surface area contributed by atoms with Gasteiger partial charge in [-0.3, -0.25) is 0 Å². The van der Waals surface area contributed by atoms with Gasteiger partial charge in [0, 0.05) is 17.5 Å². The van der Waals surface area contributed by atoms with Crippen LogP contribution in [0.1, 0.15) is 18.2 Å². The number of benzene rings is 1. The molecule has 1 aromatic carbocycles. The molecule has 0 amide bonds. The Kier molecular flexibility index (Phi) is 5.05. The third-order valence-corrected chi connectivity index (χ3v) is 4.89. The average molecular weight is 330 g/mol. The summed E-state index contributed by atoms with van der Waals surface area (Å²) in [5.74, 6) is 0.707. The lowest BCUT2D eigenvalue weighted by Gasteiger charge is -2.13. The highest BCUT2D eigenvalue weighted by Gasteiger charge is 2.19. The minimum absolute atomic E-state index is 0.0657. The molecule has 1 heterocycles. The summed E-state index contributed by atoms with van der Waals surface area (Å²) in [6.07, 6.45) is 2.00. The molecule has 5 nitrogen and oxygen atoms in total. The molecule has 0 spiro atoms. The van der Waals surface area contributed by atoms with E-state index in [0.717, 1.165) is 0 Å². The van der Waals surface area contributed by atoms with Crippen LogP contribution < -0.4 is 4.72 Å². The Morgan fingerprint density at radius 2 is 2.14 bits per heavy atom. The molecule has 0 aliphatic carbocycles. The number of aliphatic hydroxyl groups excluding tert-OH is 1. The van der Waals surface area contributed by atoms with Gasteiger partial charge in [-0.25, -0.2) is 13.1 Å². The van der Waals surface area contributed by atoms with Crippen LogP contribution in [0.25, 0.3) is 0 Å². The van der Waals surface area contributed by atoms with Crippen molar-refractivity contribution in [2.45, 2.75) is 30.9 Å². The molecule has 114 valence electrons. The summed E-state index contributed by atoms with van der Waals surface area (Å²) in [4.78, 5) is 0.0657. The minimum atomic E-state index is -3.67. The molecule has 21 heavy (non-hydrogen) atoms. The summed E-state index contributed by atoms with van der Waals surface area (Å²) in [7, 11) is -3.67. The summed E-state index contributed by atoms with van der Waals surface area (Å²) < 4.78 is 32.3. The van der Waals surface area contributed by atoms with Crippen LogP contribution in [0.4, 0.5) is 0 Å². The fraction of sp³-hybridized carbons (Fsp3) is 0.286. The zero-order chi connectivity index (χ0) is 15.5. The molecule has 0 aliphatic heterocycles. The Bertz CT molecular complexity index is 698. The molecule has 0 saturated carbocycles. The van der Waals surface area contributed by atoms with E-state index in [1.165, 1.54) is 18.2 Å². The number of aliphatic hydroxyl groups is 1. The first-order valence-corrected chi connectivity index (χ1v) is 8.22. The van der Waals surface area contributed by atoms with Crippen LogP contribution >= 0.6 is 11.6 Å². The predicted molar refractivity (Wildman–Crippen MR) is 79.6 cm³/mol. The van der Waals surface area contributed by atoms with E-state index in [1.54, 1.807) is 25.3 Å². The number of sulfonamides is 1. The SMILES string of the molecule is CC(Cc1ccco1)NS(=O)(=O)c1ccc(CO)c(Cl)c1. The highest BCUT2D eigenvalue weighted by molar-refractivity contribution is 7.89. The first-order valence-electron chi connectivity index (χ1n) is 6.36. The molecule has 0 bridgehead atoms. The molecule has 7 heteroatoms. The molecule has 0 saturated heterocycles. The van der Waals surface area contributed by atoms with Crippen molar-refractivity contribution in [3.63, 3.8) is 0 Å². The molecule has 0 radical (unpaired) electrons. The van der Waals surface area contributed by atoms with E-state index in [9.17, 15) is 8.42 Å². The summed E-state index contributed by atoms with van der Waals surface area (Å²) >= 11 is 5.92. The van der Waals surface area contributed by atoms with Gasteiger partial charge in [0.1, 0.15) is 5.76 Å². The fourth-order valence-electron chi connectivity index (χ4n) is 1.93. The van der Waals surface area contributed by atoms with E-state index in [1.807, 2.05) is 0 Å². The van der Waals surface area contributed by atoms with Crippen LogP contribution in [-0.2, 0) is 23.1 Å². The highest BCUT2D eigenvalue weighted by Crippen LogP contribution is 2.21. The van der Waals surface area contributed by atoms with Crippen molar-refractivity contribution in [3.05, 3.63) is 52.9 Å². The van der Waals surface area contributed by atoms with E-state index in [4.69, 9.17) is 21.1 Å². The second kappa shape index (κ2) is 6.62. The molecule has 0 fully saturated rings. The Morgan fingerprint density at radius 3 is 2.71 bits per heavy atom. The van der Waals surface area contributed by atoms with Crippen LogP contribution in [0.5, 0.6) is 0 Å². The topological polar surface area (TPSA) is 79.5 Å². The van der Waals surface area contributed by atoms with Gasteiger partial charge >= 0.3 is 0 Å². The van der Waals surface area contributed by atoms with Gasteiger partial charge in [0.05, 0.1) is 17.8 Å². The number of rotatable bonds is 6. The Labute approximate surface area is 128 Å². The zero-order valence-electron chi connectivity index (χ0n) is 11.4. The molecule has 1 aromatic heterocycles. The number of nitrogens with one attached hydrogen (secondary N) is 1. The molecule has 0 aliphatic rings. The van der Waals surface area contributed by atoms with Gasteiger partial charge in [-0.05, 0) is 36.8 Å². The van der Waals surface area contributed by atoms with Gasteiger partial charge in [0.2, 0.25) is 10.0 Å². The largest absolute Gasteiger partial charge is 0.469 e. The molecule has 2 aromatic rings. The summed E-state index contributed by atoms with van der Waals surface area (Å²) in [6.45, 7) is 1.52. The summed E-state index contributed by atoms with van der Waals surface area (Å²) in [6, 6.07) is 7.46. The van der Waals surface area contributed by atoms with Crippen LogP contribution in [-0.4, -0.2) is 19.6 Å². The Hall–Kier alpha value is -1.34. The van der Waals surface area contributed by atoms with Gasteiger partial charge in [0.15, 0.2) is 0 Å². The van der Waals surface area contributed by atoms with Crippen molar-refractivity contribution in [2.75, 3.05) is 0 Å². The maximum Gasteiger partial charge on any atom is 0.240 e. The maximum atomic E-state index is 12.3. The number of halogens is 1. The van der Waals surface area contributed by atoms with Crippen LogP contribution in [0.2, 0.25) is 5.02 Å². The van der Waals surface area contributed by atoms with Gasteiger partial charge in [-0.2, -0.15) is 0 Å². The van der Waals surface area contributed by atoms with Crippen molar-refractivity contribution in [1.82, 2.24) is 4.72 Å². The van der Waals surface area contributed by atoms with E-state index >= 15 is 0 Å². The quantitative estimate of drug-likeness (QED) is 0.852. The lowest BCUT2D eigenvalue weighted by molar-refractivity contribution is 0.282. The monoisotopic (exact) mass is 329 g/mol. The number of hydrogen-bond acceptors (Lipinski definition) is 4. The second-order valence-corrected chi connectivity index (χ2v) is 6.84. The van der Waals surface area contributed by atoms with E-state index < -0.39 is 10.0 Å². The van der Waals surface area contributed by atoms with Crippen LogP contribution in [0.15, 0.2) is 45.9 Å². The molecule has 2 N–H and O–H groups in total. The summed E-state index contributed by atoms with van der Waals surface area (Å²) in [5, 5.41) is 9.26. The first-order chi connectivity index (χ1) is 9.92. The van der Waals surface area contributed by atoms with Crippen LogP contribution in [0, 0.1) is 0 Å². The number of furan rings is 1. The third kappa shape index (κ3) is 4.07. The predicted octanol–water partition coefficient (Wildman–Crippen LogP) is 2.33. The van der Waals surface area contributed by atoms with Gasteiger partial charge < -0.3 is 9.52 Å². The molecule has 1 atom stereocenters. The minimum Gasteiger partial charge on any atom is -0.469 e. The van der Waals surface area contributed by atoms with Gasteiger partial charge in [-0.15, -0.1) is 0 Å². The van der Waals surface area contributed by atoms with Crippen molar-refractivity contribution in [3.8, 4) is 0 Å². The summed E-state index contributed by atoms with van der Waals surface area (Å²) in [5.41, 5.74) is 0.485. The van der Waals surface area contributed by atoms with Crippen LogP contribution in [0.3, 0.4) is 0 Å². The standard InChI is InChI=1S/C14H16ClNO4S/c1-10(7-12-3-2-6-20-12)16-21(18,19)13-5-4-11(9-17)14(15)8-13/h2-6,8,10,16-17H,7,9H2,1H3. The van der Waals surface area contributed by atoms with E-state index in [0.29, 0.717) is 17.7 Å². The fourth-order valence-corrected chi connectivity index (χ4v) is 3.50. The molecular weight excluding hydrogens is 314 g/mol. The van der Waals surface area contributed by atoms with E-state index in [-0.39, 0.29) is 22.6 Å². The second-order valence-electron chi connectivity index (χ2n) is 4.72. The van der Waals surface area contributed by atoms with Crippen molar-refractivity contribution in [2.24, 2.45) is 0 Å². The lowest BCUT2D eigenvalue weighted by atomic mass is 10.2. The normalized spacial score (nSPS) is 13.3. The third-order valence-electron chi connectivity index (χ3n) is 2.95. The van der Waals surface area contributed by atoms with Crippen molar-refractivity contribution in [1.29, 1.82) is 0 Å². The van der Waals surface area contributed by atoms with Gasteiger partial charge in [-0.1, -0.05) is 17.7 Å². The lowest BCUT2D eigenvalue weighted by Crippen LogP contribution is -2.34. The highest BCUT2D eigenvalue weighted by atomic mass is 35.5.